The minimum absolute atomic E-state index is 0.833. The van der Waals surface area contributed by atoms with Crippen molar-refractivity contribution >= 4 is 41.4 Å². The van der Waals surface area contributed by atoms with Crippen LogP contribution in [0.5, 0.6) is 0 Å². The van der Waals surface area contributed by atoms with Crippen LogP contribution in [0.4, 0.5) is 0 Å². The first-order chi connectivity index (χ1) is 63.7. The predicted molar refractivity (Wildman–Crippen MR) is 416 cm³/mol. The number of hydrogen-bond donors (Lipinski definition) is 34. The van der Waals surface area contributed by atoms with Gasteiger partial charge in [-0.15, -0.1) is 0 Å². The van der Waals surface area contributed by atoms with Crippen LogP contribution in [0.25, 0.3) is 0 Å². The zero-order chi connectivity index (χ0) is 99.9. The van der Waals surface area contributed by atoms with Crippen molar-refractivity contribution < 1.29 is 267 Å². The van der Waals surface area contributed by atoms with Gasteiger partial charge >= 0.3 is 5.97 Å². The van der Waals surface area contributed by atoms with E-state index in [1.54, 1.807) is 0 Å². The molecule has 0 saturated carbocycles. The van der Waals surface area contributed by atoms with Crippen LogP contribution in [0.3, 0.4) is 0 Å². The molecule has 51 atom stereocenters. The summed E-state index contributed by atoms with van der Waals surface area (Å²) in [7, 11) is 0. The second-order valence-corrected chi connectivity index (χ2v) is 33.9. The highest BCUT2D eigenvalue weighted by Gasteiger charge is 2.65. The Kier molecular flexibility index (Phi) is 40.0. The highest BCUT2D eigenvalue weighted by atomic mass is 16.8. The van der Waals surface area contributed by atoms with Crippen LogP contribution in [0, 0.1) is 0 Å². The number of ether oxygens (including phenoxy) is 19. The Morgan fingerprint density at radius 2 is 0.600 bits per heavy atom. The molecular weight excluding hydrogens is 1850 g/mol. The maximum atomic E-state index is 13.4. The van der Waals surface area contributed by atoms with Crippen molar-refractivity contribution in [1.82, 2.24) is 31.9 Å². The maximum Gasteiger partial charge on any atom is 0.364 e. The zero-order valence-corrected chi connectivity index (χ0v) is 72.8. The molecule has 0 aromatic carbocycles. The summed E-state index contributed by atoms with van der Waals surface area (Å²) in [5, 5.41) is 331. The van der Waals surface area contributed by atoms with E-state index in [1.807, 2.05) is 0 Å². The third-order valence-corrected chi connectivity index (χ3v) is 24.3. The van der Waals surface area contributed by atoms with Gasteiger partial charge in [0.25, 0.3) is 5.79 Å². The van der Waals surface area contributed by atoms with Gasteiger partial charge in [0.15, 0.2) is 56.6 Å². The summed E-state index contributed by atoms with van der Waals surface area (Å²) in [4.78, 5) is 90.5. The van der Waals surface area contributed by atoms with Crippen molar-refractivity contribution in [3.63, 3.8) is 0 Å². The lowest BCUT2D eigenvalue weighted by Gasteiger charge is -2.52. The van der Waals surface area contributed by atoms with Crippen LogP contribution >= 0.6 is 0 Å². The lowest BCUT2D eigenvalue weighted by Crippen LogP contribution is -2.71. The Labute approximate surface area is 764 Å². The number of hydrogen-bond acceptors (Lipinski definition) is 53. The third kappa shape index (κ3) is 25.0. The molecule has 135 heavy (non-hydrogen) atoms. The molecule has 60 heteroatoms. The van der Waals surface area contributed by atoms with E-state index in [0.717, 1.165) is 41.5 Å². The van der Waals surface area contributed by atoms with E-state index in [4.69, 9.17) is 90.0 Å². The van der Waals surface area contributed by atoms with Crippen LogP contribution in [0.1, 0.15) is 48.0 Å². The molecule has 10 fully saturated rings. The van der Waals surface area contributed by atoms with E-state index in [9.17, 15) is 177 Å². The van der Waals surface area contributed by atoms with Crippen LogP contribution < -0.4 is 31.9 Å². The minimum Gasteiger partial charge on any atom is -0.477 e. The predicted octanol–water partition coefficient (Wildman–Crippen LogP) is -22.7. The van der Waals surface area contributed by atoms with Crippen LogP contribution in [0.2, 0.25) is 0 Å². The average molecular weight is 1970 g/mol. The van der Waals surface area contributed by atoms with Crippen molar-refractivity contribution in [2.45, 2.75) is 360 Å². The summed E-state index contributed by atoms with van der Waals surface area (Å²) in [6.45, 7) is -6.91. The molecular formula is C75H124N6O54. The summed E-state index contributed by atoms with van der Waals surface area (Å²) in [5.74, 6) is -11.3. The standard InChI is InChI=1S/C75H124N6O54/c1-18(91)76-35-24(97)7-75(74(115)116,134-60(35)41(99)25(98)8-82)135-61-46(104)30(13-87)121-70(54(61)112)128-57-33(16-90)125-69(40(51(57)109)81-23(6)96)132-63-52(110)44(102)28(11-85)122-72(63)117-17-34-59(130-66-37(78-20(3)93)47(105)42(100)26(9-83)119-66)62(131-73-64(53(111)45(103)29(12-86)123-73)133-67-38(79-21(4)94)48(106)43(101)27(10-84)120-67)55(113)71(126-34)129-58-32(15-89)124-68(39(50(58)108)80-22(5)95)127-56-31(14-88)118-65(114)36(49(56)107)77-19(2)92/h24-73,82-90,97-114H,7-17H2,1-6H3,(H,76,91)(H,77,92)(H,78,93)(H,79,94)(H,80,95)(H,81,96)(H,115,116)/t24-,25+,26+,27+,28+,29+,30+,31+,32+,33+,34+,35+,36+,37+,38+,39+,40+,41+,42+,43+,44+,45+,46-,47+,48+,49+,50+,51+,52-,53-,54+,55-,56+,57+,58+,59+,60+,61-,62+,63-,64-,65?,66-,67-,68-,69-,70-,71-,72-,73+,75-/m0/s1. The quantitative estimate of drug-likeness (QED) is 0.0275. The van der Waals surface area contributed by atoms with Crippen molar-refractivity contribution in [3.8, 4) is 0 Å². The topological polar surface area (TPSA) is 933 Å². The molecule has 10 saturated heterocycles. The zero-order valence-electron chi connectivity index (χ0n) is 72.8. The summed E-state index contributed by atoms with van der Waals surface area (Å²) in [6.07, 6.45) is -101. The van der Waals surface area contributed by atoms with E-state index in [1.165, 1.54) is 0 Å². The molecule has 0 spiro atoms. The van der Waals surface area contributed by atoms with Gasteiger partial charge in [0.1, 0.15) is 238 Å². The molecule has 778 valence electrons. The summed E-state index contributed by atoms with van der Waals surface area (Å²) in [6, 6.07) is -11.7. The van der Waals surface area contributed by atoms with Gasteiger partial charge in [0.2, 0.25) is 35.4 Å². The molecule has 34 N–H and O–H groups in total. The fraction of sp³-hybridized carbons (Fsp3) is 0.907. The Morgan fingerprint density at radius 1 is 0.304 bits per heavy atom. The second-order valence-electron chi connectivity index (χ2n) is 33.9. The van der Waals surface area contributed by atoms with Crippen molar-refractivity contribution in [2.24, 2.45) is 0 Å². The first-order valence-electron chi connectivity index (χ1n) is 42.8. The number of carbonyl (C=O) groups excluding carboxylic acids is 6. The molecule has 0 radical (unpaired) electrons. The number of carboxylic acid groups (broad SMARTS) is 1. The SMILES string of the molecule is CC(=O)N[C@H]1[C@H](O[C@H]2[C@H](O)[C@@H](NC(C)=O)C(O)O[C@@H]2CO)O[C@H](CO)[C@@H](O[C@@H]2O[C@H](CO[C@H]3O[C@H](CO)[C@@H](O)[C@H](O)[C@@H]3O[C@@H]3O[C@H](CO)[C@@H](O[C@@H]4O[C@H](CO)[C@H](O)[C@H](O[C@]5(C(=O)O)C[C@H](O)[C@@H](NC(C)=O)[C@H]([C@H](O)[C@H](O)CO)O5)[C@H]4O)[C@H](O)[C@H]3NC(C)=O)[C@@H](O[C@@H]3O[C@H](CO)[C@@H](O)[C@H](O)[C@H]3NC(C)=O)[C@H](O[C@H]3O[C@H](CO)[C@@H](O)[C@H](O)[C@@H]3O[C@@H]3O[C@H](CO)[C@@H](O)[C@H](O)[C@H]3NC(C)=O)[C@@H]2O)[C@@H]1O. The van der Waals surface area contributed by atoms with E-state index < -0.39 is 426 Å². The first-order valence-corrected chi connectivity index (χ1v) is 42.8. The van der Waals surface area contributed by atoms with Gasteiger partial charge in [-0.2, -0.15) is 0 Å². The Morgan fingerprint density at radius 3 is 1.00 bits per heavy atom. The lowest BCUT2D eigenvalue weighted by atomic mass is 9.88. The molecule has 60 nitrogen and oxygen atoms in total. The van der Waals surface area contributed by atoms with Crippen molar-refractivity contribution in [1.29, 1.82) is 0 Å². The van der Waals surface area contributed by atoms with Gasteiger partial charge < -0.3 is 265 Å². The lowest BCUT2D eigenvalue weighted by molar-refractivity contribution is -0.408. The van der Waals surface area contributed by atoms with Crippen LogP contribution in [-0.4, -0.2) is 563 Å². The molecule has 0 aliphatic carbocycles. The molecule has 10 heterocycles. The number of aliphatic hydroxyl groups is 27. The molecule has 10 rings (SSSR count). The molecule has 0 aromatic rings. The average Bonchev–Trinajstić information content (AvgIpc) is 0.737. The van der Waals surface area contributed by atoms with Crippen LogP contribution in [-0.2, 0) is 124 Å². The van der Waals surface area contributed by atoms with Gasteiger partial charge in [-0.1, -0.05) is 0 Å². The summed E-state index contributed by atoms with van der Waals surface area (Å²) < 4.78 is 116. The molecule has 0 aromatic heterocycles. The van der Waals surface area contributed by atoms with E-state index in [0.29, 0.717) is 0 Å². The fourth-order valence-corrected chi connectivity index (χ4v) is 17.4. The van der Waals surface area contributed by atoms with Gasteiger partial charge in [-0.3, -0.25) is 28.8 Å². The fourth-order valence-electron chi connectivity index (χ4n) is 17.4. The van der Waals surface area contributed by atoms with Crippen LogP contribution in [0.15, 0.2) is 0 Å². The normalized spacial score (nSPS) is 46.4. The van der Waals surface area contributed by atoms with E-state index in [-0.39, 0.29) is 0 Å². The number of carboxylic acids is 1. The summed E-state index contributed by atoms with van der Waals surface area (Å²) >= 11 is 0. The van der Waals surface area contributed by atoms with Gasteiger partial charge in [-0.05, 0) is 0 Å². The number of rotatable bonds is 37. The van der Waals surface area contributed by atoms with E-state index in [2.05, 4.69) is 31.9 Å². The van der Waals surface area contributed by atoms with Gasteiger partial charge in [0.05, 0.1) is 78.2 Å². The van der Waals surface area contributed by atoms with Gasteiger partial charge in [0, 0.05) is 48.0 Å². The maximum absolute atomic E-state index is 13.4. The Hall–Kier alpha value is -5.55. The number of aliphatic carboxylic acids is 1. The Bertz CT molecular complexity index is 3820. The smallest absolute Gasteiger partial charge is 0.364 e. The van der Waals surface area contributed by atoms with Crippen molar-refractivity contribution in [2.75, 3.05) is 66.1 Å². The molecule has 6 amide bonds. The minimum atomic E-state index is -3.34. The number of aliphatic hydroxyl groups excluding tert-OH is 27. The Balaban J connectivity index is 1.05. The highest BCUT2D eigenvalue weighted by Crippen LogP contribution is 2.43. The van der Waals surface area contributed by atoms with E-state index >= 15 is 0 Å². The molecule has 1 unspecified atom stereocenters. The van der Waals surface area contributed by atoms with Gasteiger partial charge in [-0.25, -0.2) is 4.79 Å². The molecule has 0 bridgehead atoms. The number of carbonyl (C=O) groups is 7. The highest BCUT2D eigenvalue weighted by molar-refractivity contribution is 5.77. The largest absolute Gasteiger partial charge is 0.477 e. The summed E-state index contributed by atoms with van der Waals surface area (Å²) in [5.41, 5.74) is 0. The van der Waals surface area contributed by atoms with Crippen molar-refractivity contribution in [3.05, 3.63) is 0 Å². The first kappa shape index (κ1) is 111. The molecule has 10 aliphatic rings. The monoisotopic (exact) mass is 1970 g/mol. The number of nitrogens with one attached hydrogen (secondary N) is 6. The second kappa shape index (κ2) is 48.5. The number of amides is 6. The third-order valence-electron chi connectivity index (χ3n) is 24.3. The molecule has 10 aliphatic heterocycles.